The molecule has 0 spiro atoms. The van der Waals surface area contributed by atoms with E-state index in [0.717, 1.165) is 11.1 Å². The fourth-order valence-electron chi connectivity index (χ4n) is 3.15. The number of nitrogens with zero attached hydrogens (tertiary/aromatic N) is 1. The van der Waals surface area contributed by atoms with Crippen LogP contribution in [-0.4, -0.2) is 44.3 Å². The van der Waals surface area contributed by atoms with Crippen LogP contribution in [0.25, 0.3) is 6.08 Å². The van der Waals surface area contributed by atoms with Gasteiger partial charge in [-0.3, -0.25) is 4.79 Å². The summed E-state index contributed by atoms with van der Waals surface area (Å²) >= 11 is 6.27. The largest absolute Gasteiger partial charge is 0.493 e. The van der Waals surface area contributed by atoms with Gasteiger partial charge in [-0.1, -0.05) is 17.7 Å². The molecule has 0 radical (unpaired) electrons. The van der Waals surface area contributed by atoms with Crippen molar-refractivity contribution in [3.8, 4) is 23.0 Å². The number of hydrogen-bond donors (Lipinski definition) is 0. The van der Waals surface area contributed by atoms with E-state index in [1.807, 2.05) is 38.1 Å². The zero-order chi connectivity index (χ0) is 21.5. The van der Waals surface area contributed by atoms with E-state index in [4.69, 9.17) is 30.5 Å². The Balaban J connectivity index is 1.71. The second-order valence-electron chi connectivity index (χ2n) is 6.63. The molecule has 0 aliphatic carbocycles. The van der Waals surface area contributed by atoms with E-state index in [2.05, 4.69) is 0 Å². The van der Waals surface area contributed by atoms with Gasteiger partial charge in [0.2, 0.25) is 5.91 Å². The smallest absolute Gasteiger partial charge is 0.246 e. The lowest BCUT2D eigenvalue weighted by Crippen LogP contribution is -2.28. The number of likely N-dealkylation sites (N-methyl/N-ethyl adjacent to an activating group) is 1. The van der Waals surface area contributed by atoms with Crippen molar-refractivity contribution in [3.63, 3.8) is 0 Å². The van der Waals surface area contributed by atoms with Gasteiger partial charge in [0.15, 0.2) is 23.0 Å². The van der Waals surface area contributed by atoms with E-state index in [0.29, 0.717) is 60.9 Å². The zero-order valence-electron chi connectivity index (χ0n) is 17.4. The van der Waals surface area contributed by atoms with Crippen molar-refractivity contribution >= 4 is 23.6 Å². The number of halogens is 1. The molecule has 1 aliphatic heterocycles. The topological polar surface area (TPSA) is 57.2 Å². The molecule has 2 aromatic carbocycles. The molecule has 0 saturated heterocycles. The number of hydrogen-bond acceptors (Lipinski definition) is 5. The highest BCUT2D eigenvalue weighted by atomic mass is 35.5. The second kappa shape index (κ2) is 10.3. The Morgan fingerprint density at radius 1 is 1.17 bits per heavy atom. The standard InChI is InChI=1S/C23H26ClNO5/c1-4-25(15-17-6-8-19(28-5-2)20(14-17)27-3)22(26)9-7-16-12-18(24)23-21(13-16)29-10-11-30-23/h6-9,12-14H,4-5,10-11,15H2,1-3H3/b9-7+. The predicted octanol–water partition coefficient (Wildman–Crippen LogP) is 4.58. The monoisotopic (exact) mass is 431 g/mol. The van der Waals surface area contributed by atoms with E-state index in [1.165, 1.54) is 6.08 Å². The highest BCUT2D eigenvalue weighted by Gasteiger charge is 2.16. The Hall–Kier alpha value is -2.86. The summed E-state index contributed by atoms with van der Waals surface area (Å²) in [6, 6.07) is 9.27. The van der Waals surface area contributed by atoms with Gasteiger partial charge in [-0.15, -0.1) is 0 Å². The molecule has 0 fully saturated rings. The van der Waals surface area contributed by atoms with E-state index >= 15 is 0 Å². The van der Waals surface area contributed by atoms with Gasteiger partial charge >= 0.3 is 0 Å². The Morgan fingerprint density at radius 2 is 1.97 bits per heavy atom. The van der Waals surface area contributed by atoms with Gasteiger partial charge < -0.3 is 23.8 Å². The van der Waals surface area contributed by atoms with Crippen LogP contribution in [0.4, 0.5) is 0 Å². The highest BCUT2D eigenvalue weighted by Crippen LogP contribution is 2.38. The van der Waals surface area contributed by atoms with Crippen molar-refractivity contribution in [3.05, 3.63) is 52.6 Å². The Labute approximate surface area is 181 Å². The van der Waals surface area contributed by atoms with Crippen LogP contribution in [0.3, 0.4) is 0 Å². The molecule has 30 heavy (non-hydrogen) atoms. The van der Waals surface area contributed by atoms with E-state index in [-0.39, 0.29) is 5.91 Å². The third-order valence-electron chi connectivity index (χ3n) is 4.63. The van der Waals surface area contributed by atoms with Gasteiger partial charge in [-0.25, -0.2) is 0 Å². The average Bonchev–Trinajstić information content (AvgIpc) is 2.76. The maximum Gasteiger partial charge on any atom is 0.246 e. The Kier molecular flexibility index (Phi) is 7.46. The molecule has 1 aliphatic rings. The quantitative estimate of drug-likeness (QED) is 0.572. The summed E-state index contributed by atoms with van der Waals surface area (Å²) in [5.74, 6) is 2.38. The Morgan fingerprint density at radius 3 is 2.70 bits per heavy atom. The fourth-order valence-corrected chi connectivity index (χ4v) is 3.42. The third-order valence-corrected chi connectivity index (χ3v) is 4.91. The average molecular weight is 432 g/mol. The number of amides is 1. The molecular formula is C23H26ClNO5. The van der Waals surface area contributed by atoms with Crippen LogP contribution in [-0.2, 0) is 11.3 Å². The molecular weight excluding hydrogens is 406 g/mol. The first-order chi connectivity index (χ1) is 14.5. The SMILES string of the molecule is CCOc1ccc(CN(CC)C(=O)/C=C/c2cc(Cl)c3c(c2)OCCO3)cc1OC. The summed E-state index contributed by atoms with van der Waals surface area (Å²) in [4.78, 5) is 14.5. The highest BCUT2D eigenvalue weighted by molar-refractivity contribution is 6.32. The van der Waals surface area contributed by atoms with Crippen LogP contribution in [0.2, 0.25) is 5.02 Å². The van der Waals surface area contributed by atoms with Crippen molar-refractivity contribution in [1.29, 1.82) is 0 Å². The molecule has 0 bridgehead atoms. The third kappa shape index (κ3) is 5.19. The number of rotatable bonds is 8. The molecule has 0 aromatic heterocycles. The van der Waals surface area contributed by atoms with Crippen LogP contribution in [0, 0.1) is 0 Å². The molecule has 2 aromatic rings. The molecule has 6 nitrogen and oxygen atoms in total. The molecule has 0 N–H and O–H groups in total. The minimum absolute atomic E-state index is 0.101. The van der Waals surface area contributed by atoms with Crippen LogP contribution in [0.15, 0.2) is 36.4 Å². The Bertz CT molecular complexity index is 928. The molecule has 0 unspecified atom stereocenters. The molecule has 1 amide bonds. The summed E-state index contributed by atoms with van der Waals surface area (Å²) in [6.45, 7) is 6.41. The maximum atomic E-state index is 12.7. The first kappa shape index (κ1) is 21.8. The summed E-state index contributed by atoms with van der Waals surface area (Å²) in [7, 11) is 1.60. The van der Waals surface area contributed by atoms with Crippen LogP contribution in [0.5, 0.6) is 23.0 Å². The minimum Gasteiger partial charge on any atom is -0.493 e. The van der Waals surface area contributed by atoms with Gasteiger partial charge in [0.1, 0.15) is 13.2 Å². The van der Waals surface area contributed by atoms with Gasteiger partial charge in [0.05, 0.1) is 18.7 Å². The van der Waals surface area contributed by atoms with Crippen molar-refractivity contribution in [1.82, 2.24) is 4.90 Å². The van der Waals surface area contributed by atoms with E-state index in [9.17, 15) is 4.79 Å². The van der Waals surface area contributed by atoms with Gasteiger partial charge in [-0.2, -0.15) is 0 Å². The number of carbonyl (C=O) groups is 1. The van der Waals surface area contributed by atoms with E-state index in [1.54, 1.807) is 24.2 Å². The maximum absolute atomic E-state index is 12.7. The van der Waals surface area contributed by atoms with E-state index < -0.39 is 0 Å². The number of benzene rings is 2. The summed E-state index contributed by atoms with van der Waals surface area (Å²) in [5, 5.41) is 0.466. The first-order valence-electron chi connectivity index (χ1n) is 9.91. The number of methoxy groups -OCH3 is 1. The minimum atomic E-state index is -0.101. The lowest BCUT2D eigenvalue weighted by molar-refractivity contribution is -0.126. The molecule has 3 rings (SSSR count). The zero-order valence-corrected chi connectivity index (χ0v) is 18.2. The number of carbonyl (C=O) groups excluding carboxylic acids is 1. The van der Waals surface area contributed by atoms with Crippen molar-refractivity contribution in [2.45, 2.75) is 20.4 Å². The van der Waals surface area contributed by atoms with Gasteiger partial charge in [0, 0.05) is 19.2 Å². The summed E-state index contributed by atoms with van der Waals surface area (Å²) in [5.41, 5.74) is 1.73. The second-order valence-corrected chi connectivity index (χ2v) is 7.04. The van der Waals surface area contributed by atoms with Crippen molar-refractivity contribution < 1.29 is 23.7 Å². The normalized spacial score (nSPS) is 12.7. The van der Waals surface area contributed by atoms with Crippen LogP contribution in [0.1, 0.15) is 25.0 Å². The molecule has 0 saturated carbocycles. The van der Waals surface area contributed by atoms with Crippen molar-refractivity contribution in [2.75, 3.05) is 33.5 Å². The first-order valence-corrected chi connectivity index (χ1v) is 10.3. The molecule has 1 heterocycles. The number of fused-ring (bicyclic) bond motifs is 1. The molecule has 160 valence electrons. The fraction of sp³-hybridized carbons (Fsp3) is 0.348. The van der Waals surface area contributed by atoms with Crippen molar-refractivity contribution in [2.24, 2.45) is 0 Å². The number of ether oxygens (including phenoxy) is 4. The summed E-state index contributed by atoms with van der Waals surface area (Å²) < 4.78 is 22.1. The molecule has 7 heteroatoms. The van der Waals surface area contributed by atoms with Crippen LogP contribution < -0.4 is 18.9 Å². The van der Waals surface area contributed by atoms with Crippen LogP contribution >= 0.6 is 11.6 Å². The lowest BCUT2D eigenvalue weighted by Gasteiger charge is -2.21. The summed E-state index contributed by atoms with van der Waals surface area (Å²) in [6.07, 6.45) is 3.27. The molecule has 0 atom stereocenters. The van der Waals surface area contributed by atoms with Gasteiger partial charge in [0.25, 0.3) is 0 Å². The predicted molar refractivity (Wildman–Crippen MR) is 117 cm³/mol. The lowest BCUT2D eigenvalue weighted by atomic mass is 10.1. The van der Waals surface area contributed by atoms with Gasteiger partial charge in [-0.05, 0) is 55.3 Å².